The van der Waals surface area contributed by atoms with Crippen LogP contribution in [0.3, 0.4) is 0 Å². The highest BCUT2D eigenvalue weighted by Gasteiger charge is 2.09. The van der Waals surface area contributed by atoms with E-state index in [2.05, 4.69) is 5.10 Å². The molecule has 0 saturated carbocycles. The van der Waals surface area contributed by atoms with Gasteiger partial charge in [-0.05, 0) is 30.7 Å². The standard InChI is InChI=1S/C14H18FN3O/c1-18-12(6-9-17-18)7-10-19-14-11(5-8-16)3-2-4-13(14)15/h2-4,6,9H,5,7-8,10,16H2,1H3. The Labute approximate surface area is 112 Å². The molecule has 0 aliphatic carbocycles. The molecule has 0 atom stereocenters. The number of hydrogen-bond donors (Lipinski definition) is 1. The van der Waals surface area contributed by atoms with Crippen LogP contribution in [0.15, 0.2) is 30.5 Å². The average molecular weight is 263 g/mol. The molecule has 2 rings (SSSR count). The predicted molar refractivity (Wildman–Crippen MR) is 71.6 cm³/mol. The van der Waals surface area contributed by atoms with E-state index in [0.29, 0.717) is 31.7 Å². The van der Waals surface area contributed by atoms with Crippen LogP contribution in [0, 0.1) is 5.82 Å². The van der Waals surface area contributed by atoms with Gasteiger partial charge in [-0.3, -0.25) is 4.68 Å². The van der Waals surface area contributed by atoms with E-state index in [1.807, 2.05) is 19.2 Å². The number of halogens is 1. The van der Waals surface area contributed by atoms with E-state index in [0.717, 1.165) is 11.3 Å². The first-order chi connectivity index (χ1) is 9.22. The van der Waals surface area contributed by atoms with Crippen LogP contribution >= 0.6 is 0 Å². The molecule has 4 nitrogen and oxygen atoms in total. The molecule has 1 heterocycles. The third kappa shape index (κ3) is 3.32. The third-order valence-electron chi connectivity index (χ3n) is 2.99. The number of rotatable bonds is 6. The molecule has 2 aromatic rings. The summed E-state index contributed by atoms with van der Waals surface area (Å²) in [6, 6.07) is 6.84. The number of hydrogen-bond acceptors (Lipinski definition) is 3. The number of aryl methyl sites for hydroxylation is 1. The van der Waals surface area contributed by atoms with E-state index in [4.69, 9.17) is 10.5 Å². The van der Waals surface area contributed by atoms with Crippen molar-refractivity contribution < 1.29 is 9.13 Å². The Morgan fingerprint density at radius 3 is 2.84 bits per heavy atom. The molecular formula is C14H18FN3O. The maximum Gasteiger partial charge on any atom is 0.165 e. The molecule has 0 aliphatic heterocycles. The molecule has 2 N–H and O–H groups in total. The summed E-state index contributed by atoms with van der Waals surface area (Å²) in [5.41, 5.74) is 7.38. The summed E-state index contributed by atoms with van der Waals surface area (Å²) in [4.78, 5) is 0. The number of ether oxygens (including phenoxy) is 1. The Hall–Kier alpha value is -1.88. The highest BCUT2D eigenvalue weighted by molar-refractivity contribution is 5.35. The third-order valence-corrected chi connectivity index (χ3v) is 2.99. The number of aromatic nitrogens is 2. The van der Waals surface area contributed by atoms with Gasteiger partial charge in [-0.15, -0.1) is 0 Å². The van der Waals surface area contributed by atoms with Gasteiger partial charge in [0.2, 0.25) is 0 Å². The van der Waals surface area contributed by atoms with Gasteiger partial charge in [-0.1, -0.05) is 12.1 Å². The van der Waals surface area contributed by atoms with E-state index < -0.39 is 0 Å². The lowest BCUT2D eigenvalue weighted by Crippen LogP contribution is -2.10. The van der Waals surface area contributed by atoms with Gasteiger partial charge < -0.3 is 10.5 Å². The Kier molecular flexibility index (Phi) is 4.52. The number of benzene rings is 1. The van der Waals surface area contributed by atoms with Crippen molar-refractivity contribution in [3.8, 4) is 5.75 Å². The molecule has 0 unspecified atom stereocenters. The minimum absolute atomic E-state index is 0.315. The maximum absolute atomic E-state index is 13.7. The first-order valence-electron chi connectivity index (χ1n) is 6.29. The molecule has 0 aliphatic rings. The minimum Gasteiger partial charge on any atom is -0.490 e. The van der Waals surface area contributed by atoms with E-state index in [9.17, 15) is 4.39 Å². The fourth-order valence-corrected chi connectivity index (χ4v) is 1.97. The van der Waals surface area contributed by atoms with Crippen LogP contribution in [0.5, 0.6) is 5.75 Å². The van der Waals surface area contributed by atoms with Crippen molar-refractivity contribution in [2.24, 2.45) is 12.8 Å². The molecule has 1 aromatic heterocycles. The van der Waals surface area contributed by atoms with E-state index in [-0.39, 0.29) is 5.82 Å². The van der Waals surface area contributed by atoms with Crippen molar-refractivity contribution in [2.45, 2.75) is 12.8 Å². The topological polar surface area (TPSA) is 53.1 Å². The summed E-state index contributed by atoms with van der Waals surface area (Å²) in [5.74, 6) is -0.0222. The zero-order chi connectivity index (χ0) is 13.7. The van der Waals surface area contributed by atoms with E-state index in [1.54, 1.807) is 16.9 Å². The van der Waals surface area contributed by atoms with E-state index in [1.165, 1.54) is 6.07 Å². The van der Waals surface area contributed by atoms with Crippen LogP contribution in [0.25, 0.3) is 0 Å². The normalized spacial score (nSPS) is 10.7. The second kappa shape index (κ2) is 6.33. The van der Waals surface area contributed by atoms with Crippen molar-refractivity contribution in [3.05, 3.63) is 47.5 Å². The van der Waals surface area contributed by atoms with Crippen LogP contribution in [0.2, 0.25) is 0 Å². The molecule has 0 saturated heterocycles. The highest BCUT2D eigenvalue weighted by Crippen LogP contribution is 2.23. The van der Waals surface area contributed by atoms with E-state index >= 15 is 0 Å². The minimum atomic E-state index is -0.337. The molecular weight excluding hydrogens is 245 g/mol. The van der Waals surface area contributed by atoms with Crippen LogP contribution in [0.1, 0.15) is 11.3 Å². The molecule has 0 spiro atoms. The van der Waals surface area contributed by atoms with Crippen LogP contribution in [-0.2, 0) is 19.9 Å². The summed E-state index contributed by atoms with van der Waals surface area (Å²) in [6.07, 6.45) is 3.03. The SMILES string of the molecule is Cn1nccc1CCOc1c(F)cccc1CCN. The summed E-state index contributed by atoms with van der Waals surface area (Å²) in [5, 5.41) is 4.08. The predicted octanol–water partition coefficient (Wildman–Crippen LogP) is 1.68. The number of para-hydroxylation sites is 1. The molecule has 0 amide bonds. The highest BCUT2D eigenvalue weighted by atomic mass is 19.1. The van der Waals surface area contributed by atoms with Crippen molar-refractivity contribution >= 4 is 0 Å². The van der Waals surface area contributed by atoms with Gasteiger partial charge in [0, 0.05) is 25.4 Å². The summed E-state index contributed by atoms with van der Waals surface area (Å²) in [7, 11) is 1.87. The summed E-state index contributed by atoms with van der Waals surface area (Å²) < 4.78 is 21.1. The monoisotopic (exact) mass is 263 g/mol. The smallest absolute Gasteiger partial charge is 0.165 e. The Bertz CT molecular complexity index is 539. The Morgan fingerprint density at radius 2 is 2.16 bits per heavy atom. The van der Waals surface area contributed by atoms with Crippen molar-refractivity contribution in [3.63, 3.8) is 0 Å². The summed E-state index contributed by atoms with van der Waals surface area (Å²) >= 11 is 0. The Morgan fingerprint density at radius 1 is 1.32 bits per heavy atom. The van der Waals surface area contributed by atoms with Crippen LogP contribution < -0.4 is 10.5 Å². The van der Waals surface area contributed by atoms with Crippen LogP contribution in [-0.4, -0.2) is 22.9 Å². The average Bonchev–Trinajstić information content (AvgIpc) is 2.79. The largest absolute Gasteiger partial charge is 0.490 e. The molecule has 5 heteroatoms. The maximum atomic E-state index is 13.7. The van der Waals surface area contributed by atoms with Gasteiger partial charge in [0.25, 0.3) is 0 Å². The zero-order valence-electron chi connectivity index (χ0n) is 11.0. The summed E-state index contributed by atoms with van der Waals surface area (Å²) in [6.45, 7) is 0.888. The second-order valence-electron chi connectivity index (χ2n) is 4.31. The lowest BCUT2D eigenvalue weighted by molar-refractivity contribution is 0.299. The van der Waals surface area contributed by atoms with Gasteiger partial charge in [0.1, 0.15) is 0 Å². The van der Waals surface area contributed by atoms with Crippen molar-refractivity contribution in [2.75, 3.05) is 13.2 Å². The second-order valence-corrected chi connectivity index (χ2v) is 4.31. The number of nitrogens with zero attached hydrogens (tertiary/aromatic N) is 2. The van der Waals surface area contributed by atoms with Gasteiger partial charge in [-0.2, -0.15) is 5.10 Å². The first-order valence-corrected chi connectivity index (χ1v) is 6.29. The lowest BCUT2D eigenvalue weighted by Gasteiger charge is -2.12. The first kappa shape index (κ1) is 13.5. The molecule has 0 bridgehead atoms. The van der Waals surface area contributed by atoms with Gasteiger partial charge in [0.15, 0.2) is 11.6 Å². The molecule has 19 heavy (non-hydrogen) atoms. The molecule has 1 aromatic carbocycles. The quantitative estimate of drug-likeness (QED) is 0.862. The van der Waals surface area contributed by atoms with Gasteiger partial charge >= 0.3 is 0 Å². The molecule has 0 fully saturated rings. The molecule has 0 radical (unpaired) electrons. The van der Waals surface area contributed by atoms with Crippen molar-refractivity contribution in [1.82, 2.24) is 9.78 Å². The Balaban J connectivity index is 2.01. The van der Waals surface area contributed by atoms with Crippen LogP contribution in [0.4, 0.5) is 4.39 Å². The zero-order valence-corrected chi connectivity index (χ0v) is 11.0. The fourth-order valence-electron chi connectivity index (χ4n) is 1.97. The molecule has 102 valence electrons. The lowest BCUT2D eigenvalue weighted by atomic mass is 10.1. The van der Waals surface area contributed by atoms with Gasteiger partial charge in [0.05, 0.1) is 6.61 Å². The van der Waals surface area contributed by atoms with Crippen molar-refractivity contribution in [1.29, 1.82) is 0 Å². The van der Waals surface area contributed by atoms with Gasteiger partial charge in [-0.25, -0.2) is 4.39 Å². The fraction of sp³-hybridized carbons (Fsp3) is 0.357. The number of nitrogens with two attached hydrogens (primary N) is 1.